The molecule has 4 rings (SSSR count). The van der Waals surface area contributed by atoms with Crippen molar-refractivity contribution in [2.45, 2.75) is 44.2 Å². The number of carbonyl (C=O) groups excluding carboxylic acids is 2. The van der Waals surface area contributed by atoms with Gasteiger partial charge in [0.2, 0.25) is 0 Å². The Kier molecular flexibility index (Phi) is 6.01. The minimum absolute atomic E-state index is 0.152. The minimum Gasteiger partial charge on any atom is -0.507 e. The number of likely N-dealkylation sites (tertiary alicyclic amines) is 1. The smallest absolute Gasteiger partial charge is 0.295 e. The lowest BCUT2D eigenvalue weighted by Gasteiger charge is -2.35. The zero-order valence-electron chi connectivity index (χ0n) is 17.1. The molecule has 1 saturated heterocycles. The van der Waals surface area contributed by atoms with Crippen molar-refractivity contribution in [1.82, 2.24) is 4.90 Å². The highest BCUT2D eigenvalue weighted by Gasteiger charge is 2.49. The van der Waals surface area contributed by atoms with E-state index in [1.165, 1.54) is 24.1 Å². The van der Waals surface area contributed by atoms with Crippen LogP contribution in [0, 0.1) is 5.82 Å². The summed E-state index contributed by atoms with van der Waals surface area (Å²) in [6.45, 7) is 0. The molecule has 1 saturated carbocycles. The lowest BCUT2D eigenvalue weighted by atomic mass is 9.90. The van der Waals surface area contributed by atoms with E-state index in [-0.39, 0.29) is 28.5 Å². The first-order valence-electron chi connectivity index (χ1n) is 10.3. The Morgan fingerprint density at radius 1 is 1.13 bits per heavy atom. The SMILES string of the molecule is COc1ccc(Cl)cc1/C(O)=C1\C(=O)C(=O)N(C2CCCCC2)C1c1ccccc1F. The monoisotopic (exact) mass is 443 g/mol. The summed E-state index contributed by atoms with van der Waals surface area (Å²) in [6, 6.07) is 9.43. The van der Waals surface area contributed by atoms with Crippen LogP contribution in [0.15, 0.2) is 48.0 Å². The summed E-state index contributed by atoms with van der Waals surface area (Å²) in [7, 11) is 1.43. The second kappa shape index (κ2) is 8.71. The van der Waals surface area contributed by atoms with Gasteiger partial charge in [0.15, 0.2) is 0 Å². The van der Waals surface area contributed by atoms with E-state index in [0.717, 1.165) is 32.1 Å². The molecule has 2 aliphatic rings. The lowest BCUT2D eigenvalue weighted by molar-refractivity contribution is -0.141. The number of aliphatic hydroxyl groups excluding tert-OH is 1. The van der Waals surface area contributed by atoms with Crippen LogP contribution >= 0.6 is 11.6 Å². The summed E-state index contributed by atoms with van der Waals surface area (Å²) < 4.78 is 20.2. The number of carbonyl (C=O) groups is 2. The third kappa shape index (κ3) is 3.81. The Labute approximate surface area is 185 Å². The lowest BCUT2D eigenvalue weighted by Crippen LogP contribution is -2.40. The van der Waals surface area contributed by atoms with Crippen molar-refractivity contribution < 1.29 is 23.8 Å². The van der Waals surface area contributed by atoms with Gasteiger partial charge in [-0.2, -0.15) is 0 Å². The van der Waals surface area contributed by atoms with Gasteiger partial charge in [0.1, 0.15) is 17.3 Å². The molecule has 2 aromatic rings. The number of halogens is 2. The molecule has 0 spiro atoms. The van der Waals surface area contributed by atoms with Gasteiger partial charge in [-0.1, -0.05) is 49.1 Å². The van der Waals surface area contributed by atoms with E-state index in [4.69, 9.17) is 16.3 Å². The number of Topliss-reactive ketones (excluding diaryl/α,β-unsaturated/α-hetero) is 1. The van der Waals surface area contributed by atoms with Crippen molar-refractivity contribution >= 4 is 29.1 Å². The van der Waals surface area contributed by atoms with Gasteiger partial charge < -0.3 is 14.7 Å². The van der Waals surface area contributed by atoms with Crippen molar-refractivity contribution in [3.8, 4) is 5.75 Å². The molecule has 5 nitrogen and oxygen atoms in total. The van der Waals surface area contributed by atoms with E-state index >= 15 is 0 Å². The third-order valence-electron chi connectivity index (χ3n) is 6.06. The first-order valence-corrected chi connectivity index (χ1v) is 10.7. The Bertz CT molecular complexity index is 1060. The molecule has 7 heteroatoms. The summed E-state index contributed by atoms with van der Waals surface area (Å²) in [5.41, 5.74) is 0.203. The molecule has 0 radical (unpaired) electrons. The fourth-order valence-electron chi connectivity index (χ4n) is 4.60. The van der Waals surface area contributed by atoms with Gasteiger partial charge in [-0.25, -0.2) is 4.39 Å². The minimum atomic E-state index is -1.02. The molecule has 1 N–H and O–H groups in total. The molecule has 1 atom stereocenters. The van der Waals surface area contributed by atoms with Crippen LogP contribution in [-0.2, 0) is 9.59 Å². The number of hydrogen-bond donors (Lipinski definition) is 1. The molecule has 2 aromatic carbocycles. The molecule has 31 heavy (non-hydrogen) atoms. The van der Waals surface area contributed by atoms with Crippen molar-refractivity contribution in [3.63, 3.8) is 0 Å². The fourth-order valence-corrected chi connectivity index (χ4v) is 4.77. The molecule has 1 amide bonds. The first kappa shape index (κ1) is 21.4. The number of amides is 1. The number of benzene rings is 2. The summed E-state index contributed by atoms with van der Waals surface area (Å²) in [5.74, 6) is -2.23. The fraction of sp³-hybridized carbons (Fsp3) is 0.333. The van der Waals surface area contributed by atoms with E-state index in [2.05, 4.69) is 0 Å². The van der Waals surface area contributed by atoms with Gasteiger partial charge >= 0.3 is 0 Å². The molecular formula is C24H23ClFNO4. The maximum atomic E-state index is 14.9. The summed E-state index contributed by atoms with van der Waals surface area (Å²) in [5, 5.41) is 11.5. The van der Waals surface area contributed by atoms with Crippen LogP contribution < -0.4 is 4.74 Å². The topological polar surface area (TPSA) is 66.8 Å². The molecule has 0 aromatic heterocycles. The van der Waals surface area contributed by atoms with Crippen LogP contribution in [0.25, 0.3) is 5.76 Å². The van der Waals surface area contributed by atoms with Crippen LogP contribution in [0.1, 0.15) is 49.3 Å². The molecule has 2 fully saturated rings. The Morgan fingerprint density at radius 3 is 2.52 bits per heavy atom. The van der Waals surface area contributed by atoms with Gasteiger partial charge in [-0.15, -0.1) is 0 Å². The molecule has 1 unspecified atom stereocenters. The number of ether oxygens (including phenoxy) is 1. The normalized spacial score (nSPS) is 21.5. The zero-order valence-corrected chi connectivity index (χ0v) is 17.9. The van der Waals surface area contributed by atoms with Gasteiger partial charge in [-0.05, 0) is 37.1 Å². The van der Waals surface area contributed by atoms with Crippen LogP contribution in [0.4, 0.5) is 4.39 Å². The molecular weight excluding hydrogens is 421 g/mol. The number of ketones is 1. The molecule has 1 aliphatic carbocycles. The number of methoxy groups -OCH3 is 1. The zero-order chi connectivity index (χ0) is 22.1. The van der Waals surface area contributed by atoms with E-state index in [1.54, 1.807) is 30.3 Å². The van der Waals surface area contributed by atoms with E-state index in [0.29, 0.717) is 5.02 Å². The van der Waals surface area contributed by atoms with Crippen LogP contribution in [-0.4, -0.2) is 34.8 Å². The first-order chi connectivity index (χ1) is 14.9. The van der Waals surface area contributed by atoms with Crippen molar-refractivity contribution in [2.75, 3.05) is 7.11 Å². The van der Waals surface area contributed by atoms with Crippen molar-refractivity contribution in [3.05, 3.63) is 70.0 Å². The average Bonchev–Trinajstić information content (AvgIpc) is 3.04. The highest BCUT2D eigenvalue weighted by atomic mass is 35.5. The number of hydrogen-bond acceptors (Lipinski definition) is 4. The number of rotatable bonds is 4. The van der Waals surface area contributed by atoms with Gasteiger partial charge in [-0.3, -0.25) is 9.59 Å². The van der Waals surface area contributed by atoms with Gasteiger partial charge in [0.25, 0.3) is 11.7 Å². The second-order valence-electron chi connectivity index (χ2n) is 7.86. The van der Waals surface area contributed by atoms with E-state index in [9.17, 15) is 19.1 Å². The van der Waals surface area contributed by atoms with Crippen LogP contribution in [0.2, 0.25) is 5.02 Å². The van der Waals surface area contributed by atoms with Crippen LogP contribution in [0.3, 0.4) is 0 Å². The molecule has 1 aliphatic heterocycles. The van der Waals surface area contributed by atoms with E-state index < -0.39 is 29.3 Å². The maximum absolute atomic E-state index is 14.9. The third-order valence-corrected chi connectivity index (χ3v) is 6.30. The Hall–Kier alpha value is -2.86. The molecule has 0 bridgehead atoms. The highest BCUT2D eigenvalue weighted by Crippen LogP contribution is 2.44. The summed E-state index contributed by atoms with van der Waals surface area (Å²) >= 11 is 6.11. The quantitative estimate of drug-likeness (QED) is 0.398. The highest BCUT2D eigenvalue weighted by molar-refractivity contribution is 6.46. The molecule has 1 heterocycles. The van der Waals surface area contributed by atoms with Crippen molar-refractivity contribution in [1.29, 1.82) is 0 Å². The number of nitrogens with zero attached hydrogens (tertiary/aromatic N) is 1. The summed E-state index contributed by atoms with van der Waals surface area (Å²) in [6.07, 6.45) is 4.39. The summed E-state index contributed by atoms with van der Waals surface area (Å²) in [4.78, 5) is 27.7. The predicted molar refractivity (Wildman–Crippen MR) is 115 cm³/mol. The molecule has 162 valence electrons. The largest absolute Gasteiger partial charge is 0.507 e. The van der Waals surface area contributed by atoms with E-state index in [1.807, 2.05) is 0 Å². The van der Waals surface area contributed by atoms with Crippen molar-refractivity contribution in [2.24, 2.45) is 0 Å². The predicted octanol–water partition coefficient (Wildman–Crippen LogP) is 5.24. The van der Waals surface area contributed by atoms with Gasteiger partial charge in [0, 0.05) is 16.6 Å². The second-order valence-corrected chi connectivity index (χ2v) is 8.30. The standard InChI is InChI=1S/C24H23ClFNO4/c1-31-19-12-11-14(25)13-17(19)22(28)20-21(16-9-5-6-10-18(16)26)27(24(30)23(20)29)15-7-3-2-4-8-15/h5-6,9-13,15,21,28H,2-4,7-8H2,1H3/b22-20+. The van der Waals surface area contributed by atoms with Gasteiger partial charge in [0.05, 0.1) is 24.3 Å². The maximum Gasteiger partial charge on any atom is 0.295 e. The Morgan fingerprint density at radius 2 is 1.84 bits per heavy atom. The van der Waals surface area contributed by atoms with Crippen LogP contribution in [0.5, 0.6) is 5.75 Å². The number of aliphatic hydroxyl groups is 1. The average molecular weight is 444 g/mol. The Balaban J connectivity index is 1.94.